The van der Waals surface area contributed by atoms with Gasteiger partial charge in [-0.2, -0.15) is 0 Å². The van der Waals surface area contributed by atoms with E-state index in [-0.39, 0.29) is 0 Å². The van der Waals surface area contributed by atoms with Gasteiger partial charge in [-0.15, -0.1) is 0 Å². The Kier molecular flexibility index (Phi) is 24.1. The standard InChI is InChI=1S/C20H42S3/c1-3-5-7-9-11-13-15-17-19-21-23-22-20-18-16-14-12-10-8-6-4-2/h3-20H2,1-2H3. The molecule has 3 heteroatoms. The van der Waals surface area contributed by atoms with Gasteiger partial charge in [0.25, 0.3) is 0 Å². The minimum Gasteiger partial charge on any atom is -0.0826 e. The number of rotatable bonds is 20. The summed E-state index contributed by atoms with van der Waals surface area (Å²) in [7, 11) is 6.20. The maximum atomic E-state index is 2.29. The highest BCUT2D eigenvalue weighted by atomic mass is 33.5. The monoisotopic (exact) mass is 378 g/mol. The predicted molar refractivity (Wildman–Crippen MR) is 118 cm³/mol. The molecule has 0 aromatic heterocycles. The average molecular weight is 379 g/mol. The number of unbranched alkanes of at least 4 members (excludes halogenated alkanes) is 14. The minimum atomic E-state index is 1.35. The zero-order valence-corrected chi connectivity index (χ0v) is 18.4. The first-order valence-corrected chi connectivity index (χ1v) is 14.1. The van der Waals surface area contributed by atoms with Crippen molar-refractivity contribution in [2.75, 3.05) is 11.5 Å². The molecular weight excluding hydrogens is 336 g/mol. The van der Waals surface area contributed by atoms with Crippen LogP contribution in [0.3, 0.4) is 0 Å². The molecule has 0 aliphatic heterocycles. The Hall–Kier alpha value is 1.05. The summed E-state index contributed by atoms with van der Waals surface area (Å²) in [6.07, 6.45) is 23.0. The maximum Gasteiger partial charge on any atom is 0.00451 e. The van der Waals surface area contributed by atoms with Crippen LogP contribution in [0.15, 0.2) is 0 Å². The second kappa shape index (κ2) is 23.1. The molecular formula is C20H42S3. The van der Waals surface area contributed by atoms with E-state index in [0.29, 0.717) is 0 Å². The number of hydrogen-bond donors (Lipinski definition) is 0. The SMILES string of the molecule is CCCCCCCCCCSSSCCCCCCCCCC. The largest absolute Gasteiger partial charge is 0.0826 e. The van der Waals surface area contributed by atoms with Crippen molar-refractivity contribution in [3.05, 3.63) is 0 Å². The lowest BCUT2D eigenvalue weighted by Gasteiger charge is -2.03. The van der Waals surface area contributed by atoms with E-state index in [9.17, 15) is 0 Å². The van der Waals surface area contributed by atoms with Gasteiger partial charge in [-0.25, -0.2) is 0 Å². The van der Waals surface area contributed by atoms with Crippen molar-refractivity contribution in [2.45, 2.75) is 117 Å². The third-order valence-corrected chi connectivity index (χ3v) is 8.67. The fourth-order valence-corrected chi connectivity index (χ4v) is 6.70. The summed E-state index contributed by atoms with van der Waals surface area (Å²) in [6, 6.07) is 0. The molecule has 0 unspecified atom stereocenters. The second-order valence-electron chi connectivity index (χ2n) is 6.66. The Morgan fingerprint density at radius 2 is 0.696 bits per heavy atom. The Morgan fingerprint density at radius 3 is 1.04 bits per heavy atom. The van der Waals surface area contributed by atoms with Gasteiger partial charge in [0.2, 0.25) is 0 Å². The fourth-order valence-electron chi connectivity index (χ4n) is 2.69. The first-order valence-electron chi connectivity index (χ1n) is 10.3. The van der Waals surface area contributed by atoms with Crippen molar-refractivity contribution >= 4 is 31.4 Å². The van der Waals surface area contributed by atoms with Crippen molar-refractivity contribution in [2.24, 2.45) is 0 Å². The predicted octanol–water partition coefficient (Wildman–Crippen LogP) is 9.30. The van der Waals surface area contributed by atoms with Gasteiger partial charge in [0.15, 0.2) is 0 Å². The van der Waals surface area contributed by atoms with Crippen LogP contribution < -0.4 is 0 Å². The van der Waals surface area contributed by atoms with E-state index in [1.807, 2.05) is 9.83 Å². The third-order valence-electron chi connectivity index (χ3n) is 4.26. The van der Waals surface area contributed by atoms with E-state index >= 15 is 0 Å². The highest BCUT2D eigenvalue weighted by Gasteiger charge is 1.95. The third kappa shape index (κ3) is 23.1. The summed E-state index contributed by atoms with van der Waals surface area (Å²) in [5.74, 6) is 2.70. The van der Waals surface area contributed by atoms with Gasteiger partial charge < -0.3 is 0 Å². The molecule has 0 atom stereocenters. The van der Waals surface area contributed by atoms with Gasteiger partial charge >= 0.3 is 0 Å². The first kappa shape index (κ1) is 24.1. The topological polar surface area (TPSA) is 0 Å². The van der Waals surface area contributed by atoms with Crippen LogP contribution in [-0.4, -0.2) is 11.5 Å². The molecule has 0 aliphatic rings. The van der Waals surface area contributed by atoms with Crippen molar-refractivity contribution in [3.8, 4) is 0 Å². The Balaban J connectivity index is 2.92. The van der Waals surface area contributed by atoms with Gasteiger partial charge in [0.05, 0.1) is 0 Å². The molecule has 0 nitrogen and oxygen atoms in total. The normalized spacial score (nSPS) is 11.2. The van der Waals surface area contributed by atoms with E-state index in [2.05, 4.69) is 35.4 Å². The molecule has 140 valence electrons. The quantitative estimate of drug-likeness (QED) is 0.153. The van der Waals surface area contributed by atoms with Crippen LogP contribution in [0.4, 0.5) is 0 Å². The molecule has 0 bridgehead atoms. The molecule has 0 spiro atoms. The highest BCUT2D eigenvalue weighted by molar-refractivity contribution is 9.09. The molecule has 0 aliphatic carbocycles. The van der Waals surface area contributed by atoms with Crippen molar-refractivity contribution in [1.82, 2.24) is 0 Å². The van der Waals surface area contributed by atoms with Gasteiger partial charge in [0, 0.05) is 11.5 Å². The highest BCUT2D eigenvalue weighted by Crippen LogP contribution is 2.35. The molecule has 0 amide bonds. The van der Waals surface area contributed by atoms with E-state index in [4.69, 9.17) is 0 Å². The summed E-state index contributed by atoms with van der Waals surface area (Å²) >= 11 is 0. The lowest BCUT2D eigenvalue weighted by atomic mass is 10.1. The van der Waals surface area contributed by atoms with Crippen molar-refractivity contribution < 1.29 is 0 Å². The molecule has 0 heterocycles. The fraction of sp³-hybridized carbons (Fsp3) is 1.00. The van der Waals surface area contributed by atoms with E-state index in [1.165, 1.54) is 114 Å². The lowest BCUT2D eigenvalue weighted by Crippen LogP contribution is -1.82. The molecule has 0 radical (unpaired) electrons. The van der Waals surface area contributed by atoms with Crippen molar-refractivity contribution in [3.63, 3.8) is 0 Å². The van der Waals surface area contributed by atoms with E-state index in [0.717, 1.165) is 0 Å². The van der Waals surface area contributed by atoms with E-state index in [1.54, 1.807) is 0 Å². The molecule has 0 saturated heterocycles. The molecule has 23 heavy (non-hydrogen) atoms. The van der Waals surface area contributed by atoms with Crippen LogP contribution in [0.2, 0.25) is 0 Å². The average Bonchev–Trinajstić information content (AvgIpc) is 2.57. The Labute approximate surface area is 159 Å². The molecule has 0 aromatic carbocycles. The Morgan fingerprint density at radius 1 is 0.391 bits per heavy atom. The smallest absolute Gasteiger partial charge is 0.00451 e. The summed E-state index contributed by atoms with van der Waals surface area (Å²) in [5.41, 5.74) is 0. The lowest BCUT2D eigenvalue weighted by molar-refractivity contribution is 0.586. The molecule has 0 fully saturated rings. The van der Waals surface area contributed by atoms with Crippen LogP contribution in [0.5, 0.6) is 0 Å². The first-order chi connectivity index (χ1) is 11.4. The minimum absolute atomic E-state index is 1.35. The summed E-state index contributed by atoms with van der Waals surface area (Å²) in [5, 5.41) is 0. The summed E-state index contributed by atoms with van der Waals surface area (Å²) in [6.45, 7) is 4.59. The van der Waals surface area contributed by atoms with Gasteiger partial charge in [-0.1, -0.05) is 125 Å². The molecule has 0 aromatic rings. The van der Waals surface area contributed by atoms with Crippen LogP contribution in [0.25, 0.3) is 0 Å². The van der Waals surface area contributed by atoms with E-state index < -0.39 is 0 Å². The summed E-state index contributed by atoms with van der Waals surface area (Å²) < 4.78 is 0. The van der Waals surface area contributed by atoms with Crippen LogP contribution in [-0.2, 0) is 0 Å². The van der Waals surface area contributed by atoms with Crippen LogP contribution in [0, 0.1) is 0 Å². The van der Waals surface area contributed by atoms with Crippen LogP contribution >= 0.6 is 31.4 Å². The zero-order chi connectivity index (χ0) is 16.8. The van der Waals surface area contributed by atoms with Crippen LogP contribution in [0.1, 0.15) is 117 Å². The van der Waals surface area contributed by atoms with Gasteiger partial charge in [-0.05, 0) is 22.7 Å². The van der Waals surface area contributed by atoms with Gasteiger partial charge in [-0.3, -0.25) is 0 Å². The molecule has 0 saturated carbocycles. The summed E-state index contributed by atoms with van der Waals surface area (Å²) in [4.78, 5) is 0. The molecule has 0 rings (SSSR count). The molecule has 0 N–H and O–H groups in total. The second-order valence-corrected chi connectivity index (χ2v) is 11.1. The Bertz CT molecular complexity index is 177. The van der Waals surface area contributed by atoms with Crippen molar-refractivity contribution in [1.29, 1.82) is 0 Å². The zero-order valence-electron chi connectivity index (χ0n) is 16.0. The maximum absolute atomic E-state index is 2.29. The number of hydrogen-bond acceptors (Lipinski definition) is 3. The van der Waals surface area contributed by atoms with Gasteiger partial charge in [0.1, 0.15) is 0 Å².